The molecule has 2 fully saturated rings. The van der Waals surface area contributed by atoms with Crippen LogP contribution in [0.3, 0.4) is 0 Å². The summed E-state index contributed by atoms with van der Waals surface area (Å²) in [4.78, 5) is 2.63. The zero-order valence-electron chi connectivity index (χ0n) is 10.5. The smallest absolute Gasteiger partial charge is 0.120 e. The Labute approximate surface area is 103 Å². The van der Waals surface area contributed by atoms with Gasteiger partial charge in [-0.05, 0) is 37.7 Å². The normalized spacial score (nSPS) is 29.7. The van der Waals surface area contributed by atoms with E-state index in [9.17, 15) is 5.11 Å². The number of nitrogens with zero attached hydrogens (tertiary/aromatic N) is 1. The molecule has 3 rings (SSSR count). The van der Waals surface area contributed by atoms with Crippen LogP contribution in [-0.4, -0.2) is 22.6 Å². The molecule has 1 aliphatic heterocycles. The number of hydrogen-bond acceptors (Lipinski definition) is 2. The molecule has 2 nitrogen and oxygen atoms in total. The van der Waals surface area contributed by atoms with Crippen LogP contribution < -0.4 is 0 Å². The maximum Gasteiger partial charge on any atom is 0.120 e. The number of piperidine rings is 1. The number of likely N-dealkylation sites (tertiary alicyclic amines) is 1. The van der Waals surface area contributed by atoms with Gasteiger partial charge in [-0.1, -0.05) is 25.1 Å². The van der Waals surface area contributed by atoms with Gasteiger partial charge in [0.05, 0.1) is 0 Å². The second-order valence-corrected chi connectivity index (χ2v) is 5.51. The van der Waals surface area contributed by atoms with Crippen LogP contribution in [0.15, 0.2) is 24.3 Å². The number of para-hydroxylation sites is 1. The molecule has 1 saturated heterocycles. The summed E-state index contributed by atoms with van der Waals surface area (Å²) in [7, 11) is 0. The monoisotopic (exact) mass is 231 g/mol. The van der Waals surface area contributed by atoms with E-state index in [-0.39, 0.29) is 0 Å². The van der Waals surface area contributed by atoms with Crippen molar-refractivity contribution in [3.05, 3.63) is 29.8 Å². The zero-order valence-corrected chi connectivity index (χ0v) is 10.5. The molecule has 3 atom stereocenters. The Balaban J connectivity index is 1.87. The topological polar surface area (TPSA) is 23.5 Å². The van der Waals surface area contributed by atoms with Crippen molar-refractivity contribution in [2.45, 2.75) is 44.7 Å². The predicted molar refractivity (Wildman–Crippen MR) is 69.0 cm³/mol. The van der Waals surface area contributed by atoms with Gasteiger partial charge in [-0.15, -0.1) is 0 Å². The van der Waals surface area contributed by atoms with Crippen molar-refractivity contribution >= 4 is 0 Å². The SMILES string of the molecule is CCC(c1ccccc1O)N1CC2CCC1C2. The van der Waals surface area contributed by atoms with Crippen molar-refractivity contribution in [2.75, 3.05) is 6.54 Å². The molecular formula is C15H21NO. The summed E-state index contributed by atoms with van der Waals surface area (Å²) >= 11 is 0. The highest BCUT2D eigenvalue weighted by atomic mass is 16.3. The molecule has 1 saturated carbocycles. The molecule has 2 aliphatic rings. The number of phenols is 1. The van der Waals surface area contributed by atoms with Crippen LogP contribution in [0.2, 0.25) is 0 Å². The molecule has 1 aromatic rings. The van der Waals surface area contributed by atoms with Crippen molar-refractivity contribution in [1.82, 2.24) is 4.90 Å². The highest BCUT2D eigenvalue weighted by Gasteiger charge is 2.41. The van der Waals surface area contributed by atoms with Gasteiger partial charge in [0.2, 0.25) is 0 Å². The van der Waals surface area contributed by atoms with E-state index < -0.39 is 0 Å². The standard InChI is InChI=1S/C15H21NO/c1-2-14(13-5-3-4-6-15(13)17)16-10-11-7-8-12(16)9-11/h3-6,11-12,14,17H,2,7-10H2,1H3. The molecule has 0 spiro atoms. The van der Waals surface area contributed by atoms with Crippen LogP contribution in [0.4, 0.5) is 0 Å². The molecule has 17 heavy (non-hydrogen) atoms. The molecule has 1 heterocycles. The second-order valence-electron chi connectivity index (χ2n) is 5.51. The van der Waals surface area contributed by atoms with E-state index in [1.54, 1.807) is 0 Å². The summed E-state index contributed by atoms with van der Waals surface area (Å²) in [6, 6.07) is 9.01. The summed E-state index contributed by atoms with van der Waals surface area (Å²) in [6.45, 7) is 3.46. The van der Waals surface area contributed by atoms with Gasteiger partial charge < -0.3 is 5.11 Å². The van der Waals surface area contributed by atoms with Crippen LogP contribution >= 0.6 is 0 Å². The number of benzene rings is 1. The summed E-state index contributed by atoms with van der Waals surface area (Å²) in [5.41, 5.74) is 1.11. The average Bonchev–Trinajstić information content (AvgIpc) is 2.95. The molecule has 0 radical (unpaired) electrons. The number of rotatable bonds is 3. The minimum Gasteiger partial charge on any atom is -0.508 e. The van der Waals surface area contributed by atoms with E-state index in [1.807, 2.05) is 18.2 Å². The first-order valence-electron chi connectivity index (χ1n) is 6.83. The minimum absolute atomic E-state index is 0.409. The van der Waals surface area contributed by atoms with E-state index in [0.29, 0.717) is 11.8 Å². The maximum absolute atomic E-state index is 10.0. The van der Waals surface area contributed by atoms with E-state index in [1.165, 1.54) is 25.8 Å². The van der Waals surface area contributed by atoms with Crippen molar-refractivity contribution in [1.29, 1.82) is 0 Å². The molecule has 1 N–H and O–H groups in total. The van der Waals surface area contributed by atoms with Gasteiger partial charge in [-0.2, -0.15) is 0 Å². The average molecular weight is 231 g/mol. The third-order valence-electron chi connectivity index (χ3n) is 4.53. The molecule has 1 aromatic carbocycles. The highest BCUT2D eigenvalue weighted by molar-refractivity contribution is 5.34. The van der Waals surface area contributed by atoms with Gasteiger partial charge >= 0.3 is 0 Å². The highest BCUT2D eigenvalue weighted by Crippen LogP contribution is 2.44. The lowest BCUT2D eigenvalue weighted by Gasteiger charge is -2.35. The fraction of sp³-hybridized carbons (Fsp3) is 0.600. The Morgan fingerprint density at radius 3 is 2.76 bits per heavy atom. The van der Waals surface area contributed by atoms with Crippen molar-refractivity contribution in [3.8, 4) is 5.75 Å². The molecule has 0 aromatic heterocycles. The molecule has 2 heteroatoms. The zero-order chi connectivity index (χ0) is 11.8. The van der Waals surface area contributed by atoms with Gasteiger partial charge in [-0.3, -0.25) is 4.90 Å². The fourth-order valence-electron chi connectivity index (χ4n) is 3.75. The van der Waals surface area contributed by atoms with Gasteiger partial charge in [-0.25, -0.2) is 0 Å². The third-order valence-corrected chi connectivity index (χ3v) is 4.53. The first kappa shape index (κ1) is 11.1. The van der Waals surface area contributed by atoms with E-state index in [4.69, 9.17) is 0 Å². The predicted octanol–water partition coefficient (Wildman–Crippen LogP) is 3.33. The van der Waals surface area contributed by atoms with Crippen LogP contribution in [0.1, 0.15) is 44.2 Å². The number of aromatic hydroxyl groups is 1. The Morgan fingerprint density at radius 1 is 1.35 bits per heavy atom. The summed E-state index contributed by atoms with van der Waals surface area (Å²) in [5.74, 6) is 1.38. The maximum atomic E-state index is 10.0. The van der Waals surface area contributed by atoms with Gasteiger partial charge in [0.25, 0.3) is 0 Å². The molecule has 3 unspecified atom stereocenters. The number of fused-ring (bicyclic) bond motifs is 2. The van der Waals surface area contributed by atoms with E-state index >= 15 is 0 Å². The Bertz CT molecular complexity index is 404. The lowest BCUT2D eigenvalue weighted by molar-refractivity contribution is 0.143. The Morgan fingerprint density at radius 2 is 2.18 bits per heavy atom. The summed E-state index contributed by atoms with van der Waals surface area (Å²) in [6.07, 6.45) is 5.23. The van der Waals surface area contributed by atoms with Crippen LogP contribution in [0, 0.1) is 5.92 Å². The molecule has 1 aliphatic carbocycles. The Kier molecular flexibility index (Phi) is 2.83. The summed E-state index contributed by atoms with van der Waals surface area (Å²) in [5, 5.41) is 10.0. The molecule has 2 bridgehead atoms. The van der Waals surface area contributed by atoms with Gasteiger partial charge in [0.15, 0.2) is 0 Å². The van der Waals surface area contributed by atoms with Crippen molar-refractivity contribution in [2.24, 2.45) is 5.92 Å². The largest absolute Gasteiger partial charge is 0.508 e. The molecule has 0 amide bonds. The van der Waals surface area contributed by atoms with Crippen molar-refractivity contribution in [3.63, 3.8) is 0 Å². The van der Waals surface area contributed by atoms with Crippen molar-refractivity contribution < 1.29 is 5.11 Å². The lowest BCUT2D eigenvalue weighted by Crippen LogP contribution is -2.35. The number of hydrogen-bond donors (Lipinski definition) is 1. The van der Waals surface area contributed by atoms with Crippen LogP contribution in [-0.2, 0) is 0 Å². The summed E-state index contributed by atoms with van der Waals surface area (Å²) < 4.78 is 0. The molecule has 92 valence electrons. The first-order chi connectivity index (χ1) is 8.29. The van der Waals surface area contributed by atoms with Gasteiger partial charge in [0, 0.05) is 24.2 Å². The van der Waals surface area contributed by atoms with Crippen LogP contribution in [0.5, 0.6) is 5.75 Å². The molecular weight excluding hydrogens is 210 g/mol. The third kappa shape index (κ3) is 1.85. The minimum atomic E-state index is 0.409. The lowest BCUT2D eigenvalue weighted by atomic mass is 9.99. The van der Waals surface area contributed by atoms with Crippen LogP contribution in [0.25, 0.3) is 0 Å². The fourth-order valence-corrected chi connectivity index (χ4v) is 3.75. The number of phenolic OH excluding ortho intramolecular Hbond substituents is 1. The second kappa shape index (κ2) is 4.34. The van der Waals surface area contributed by atoms with Gasteiger partial charge in [0.1, 0.15) is 5.75 Å². The van der Waals surface area contributed by atoms with E-state index in [0.717, 1.165) is 23.9 Å². The first-order valence-corrected chi connectivity index (χ1v) is 6.83. The Hall–Kier alpha value is -1.02. The quantitative estimate of drug-likeness (QED) is 0.862. The van der Waals surface area contributed by atoms with E-state index in [2.05, 4.69) is 17.9 Å².